The van der Waals surface area contributed by atoms with E-state index in [1.54, 1.807) is 7.11 Å². The lowest BCUT2D eigenvalue weighted by molar-refractivity contribution is -0.135. The highest BCUT2D eigenvalue weighted by molar-refractivity contribution is 5.85. The third-order valence-electron chi connectivity index (χ3n) is 4.77. The summed E-state index contributed by atoms with van der Waals surface area (Å²) in [5.41, 5.74) is 1.48. The van der Waals surface area contributed by atoms with Gasteiger partial charge in [-0.05, 0) is 29.7 Å². The van der Waals surface area contributed by atoms with Gasteiger partial charge in [0.2, 0.25) is 5.91 Å². The molecule has 0 aliphatic carbocycles. The maximum atomic E-state index is 13.0. The van der Waals surface area contributed by atoms with E-state index >= 15 is 0 Å². The van der Waals surface area contributed by atoms with Crippen LogP contribution in [-0.4, -0.2) is 37.8 Å². The maximum Gasteiger partial charge on any atom is 0.229 e. The number of hydrogen-bond donors (Lipinski definition) is 3. The molecular formula is C20H24N2O3. The molecule has 0 aromatic heterocycles. The zero-order valence-electron chi connectivity index (χ0n) is 14.4. The second kappa shape index (κ2) is 7.68. The predicted molar refractivity (Wildman–Crippen MR) is 96.4 cm³/mol. The molecule has 5 nitrogen and oxygen atoms in total. The molecule has 0 bridgehead atoms. The molecule has 5 heteroatoms. The molecule has 1 heterocycles. The summed E-state index contributed by atoms with van der Waals surface area (Å²) in [6, 6.07) is 17.0. The van der Waals surface area contributed by atoms with Crippen molar-refractivity contribution < 1.29 is 14.6 Å². The highest BCUT2D eigenvalue weighted by Gasteiger charge is 2.44. The molecule has 1 amide bonds. The van der Waals surface area contributed by atoms with E-state index in [4.69, 9.17) is 4.74 Å². The van der Waals surface area contributed by atoms with Crippen LogP contribution in [-0.2, 0) is 11.2 Å². The summed E-state index contributed by atoms with van der Waals surface area (Å²) in [4.78, 5) is 13.0. The number of ether oxygens (including phenoxy) is 1. The van der Waals surface area contributed by atoms with Gasteiger partial charge in [0, 0.05) is 13.1 Å². The van der Waals surface area contributed by atoms with E-state index in [-0.39, 0.29) is 12.5 Å². The first-order valence-corrected chi connectivity index (χ1v) is 8.47. The number of hydrogen-bond acceptors (Lipinski definition) is 4. The van der Waals surface area contributed by atoms with E-state index in [1.165, 1.54) is 0 Å². The first kappa shape index (κ1) is 17.5. The Morgan fingerprint density at radius 1 is 1.24 bits per heavy atom. The quantitative estimate of drug-likeness (QED) is 0.717. The summed E-state index contributed by atoms with van der Waals surface area (Å²) in [5.74, 6) is 0.759. The van der Waals surface area contributed by atoms with Crippen molar-refractivity contribution in [3.63, 3.8) is 0 Å². The normalized spacial score (nSPS) is 16.6. The molecule has 0 spiro atoms. The molecule has 2 aromatic rings. The Kier molecular flexibility index (Phi) is 5.36. The smallest absolute Gasteiger partial charge is 0.229 e. The third-order valence-corrected chi connectivity index (χ3v) is 4.77. The monoisotopic (exact) mass is 340 g/mol. The van der Waals surface area contributed by atoms with Crippen molar-refractivity contribution in [1.29, 1.82) is 0 Å². The Bertz CT molecular complexity index is 714. The van der Waals surface area contributed by atoms with Crippen LogP contribution in [0.1, 0.15) is 17.2 Å². The number of methoxy groups -OCH3 is 1. The molecule has 0 saturated carbocycles. The van der Waals surface area contributed by atoms with Gasteiger partial charge < -0.3 is 20.5 Å². The van der Waals surface area contributed by atoms with Crippen LogP contribution in [0.25, 0.3) is 0 Å². The fourth-order valence-corrected chi connectivity index (χ4v) is 3.20. The summed E-state index contributed by atoms with van der Waals surface area (Å²) in [7, 11) is 1.64. The number of rotatable bonds is 7. The van der Waals surface area contributed by atoms with Crippen LogP contribution in [0.2, 0.25) is 0 Å². The van der Waals surface area contributed by atoms with Gasteiger partial charge in [-0.3, -0.25) is 4.79 Å². The van der Waals surface area contributed by atoms with Crippen LogP contribution in [0, 0.1) is 5.41 Å². The zero-order chi connectivity index (χ0) is 17.7. The summed E-state index contributed by atoms with van der Waals surface area (Å²) < 4.78 is 5.27. The van der Waals surface area contributed by atoms with Gasteiger partial charge in [0.15, 0.2) is 0 Å². The highest BCUT2D eigenvalue weighted by atomic mass is 16.5. The molecular weight excluding hydrogens is 316 g/mol. The minimum absolute atomic E-state index is 0.0306. The summed E-state index contributed by atoms with van der Waals surface area (Å²) in [6.45, 7) is 1.13. The van der Waals surface area contributed by atoms with Crippen molar-refractivity contribution in [2.45, 2.75) is 12.5 Å². The first-order chi connectivity index (χ1) is 12.2. The van der Waals surface area contributed by atoms with Crippen LogP contribution >= 0.6 is 0 Å². The van der Waals surface area contributed by atoms with Crippen LogP contribution < -0.4 is 15.4 Å². The van der Waals surface area contributed by atoms with Gasteiger partial charge in [-0.25, -0.2) is 0 Å². The molecule has 1 saturated heterocycles. The SMILES string of the molecule is COc1cccc(CC2(C(=O)NC(CO)c3ccccc3)CNC2)c1. The van der Waals surface area contributed by atoms with E-state index in [1.807, 2.05) is 54.6 Å². The average molecular weight is 340 g/mol. The molecule has 132 valence electrons. The lowest BCUT2D eigenvalue weighted by Crippen LogP contribution is -2.63. The Morgan fingerprint density at radius 2 is 2.00 bits per heavy atom. The Labute approximate surface area is 148 Å². The second-order valence-corrected chi connectivity index (χ2v) is 6.53. The predicted octanol–water partition coefficient (Wildman–Crippen LogP) is 1.68. The molecule has 2 aromatic carbocycles. The van der Waals surface area contributed by atoms with E-state index < -0.39 is 11.5 Å². The lowest BCUT2D eigenvalue weighted by atomic mass is 9.75. The topological polar surface area (TPSA) is 70.6 Å². The van der Waals surface area contributed by atoms with E-state index in [9.17, 15) is 9.90 Å². The minimum Gasteiger partial charge on any atom is -0.497 e. The number of carbonyl (C=O) groups excluding carboxylic acids is 1. The summed E-state index contributed by atoms with van der Waals surface area (Å²) in [6.07, 6.45) is 0.635. The largest absolute Gasteiger partial charge is 0.497 e. The Hall–Kier alpha value is -2.37. The minimum atomic E-state index is -0.492. The molecule has 3 rings (SSSR count). The Morgan fingerprint density at radius 3 is 2.60 bits per heavy atom. The van der Waals surface area contributed by atoms with Crippen molar-refractivity contribution >= 4 is 5.91 Å². The van der Waals surface area contributed by atoms with Gasteiger partial charge in [-0.2, -0.15) is 0 Å². The summed E-state index contributed by atoms with van der Waals surface area (Å²) >= 11 is 0. The number of aliphatic hydroxyl groups is 1. The fraction of sp³-hybridized carbons (Fsp3) is 0.350. The van der Waals surface area contributed by atoms with Gasteiger partial charge in [-0.15, -0.1) is 0 Å². The number of nitrogens with one attached hydrogen (secondary N) is 2. The van der Waals surface area contributed by atoms with Crippen molar-refractivity contribution in [2.24, 2.45) is 5.41 Å². The number of carbonyl (C=O) groups is 1. The van der Waals surface area contributed by atoms with E-state index in [0.29, 0.717) is 19.5 Å². The van der Waals surface area contributed by atoms with Gasteiger partial charge >= 0.3 is 0 Å². The molecule has 1 fully saturated rings. The van der Waals surface area contributed by atoms with Crippen molar-refractivity contribution in [3.8, 4) is 5.75 Å². The fourth-order valence-electron chi connectivity index (χ4n) is 3.20. The highest BCUT2D eigenvalue weighted by Crippen LogP contribution is 2.30. The number of benzene rings is 2. The van der Waals surface area contributed by atoms with Gasteiger partial charge in [0.05, 0.1) is 25.2 Å². The first-order valence-electron chi connectivity index (χ1n) is 8.47. The number of aliphatic hydroxyl groups excluding tert-OH is 1. The van der Waals surface area contributed by atoms with Gasteiger partial charge in [0.1, 0.15) is 5.75 Å². The van der Waals surface area contributed by atoms with Crippen LogP contribution in [0.15, 0.2) is 54.6 Å². The summed E-state index contributed by atoms with van der Waals surface area (Å²) in [5, 5.41) is 15.9. The average Bonchev–Trinajstić information content (AvgIpc) is 2.63. The van der Waals surface area contributed by atoms with Crippen LogP contribution in [0.3, 0.4) is 0 Å². The standard InChI is InChI=1S/C20H24N2O3/c1-25-17-9-5-6-15(10-17)11-20(13-21-14-20)19(24)22-18(12-23)16-7-3-2-4-8-16/h2-10,18,21,23H,11-14H2,1H3,(H,22,24). The van der Waals surface area contributed by atoms with E-state index in [0.717, 1.165) is 16.9 Å². The molecule has 1 aliphatic heterocycles. The van der Waals surface area contributed by atoms with Crippen molar-refractivity contribution in [1.82, 2.24) is 10.6 Å². The van der Waals surface area contributed by atoms with Gasteiger partial charge in [0.25, 0.3) is 0 Å². The van der Waals surface area contributed by atoms with Crippen LogP contribution in [0.4, 0.5) is 0 Å². The molecule has 0 radical (unpaired) electrons. The van der Waals surface area contributed by atoms with Crippen LogP contribution in [0.5, 0.6) is 5.75 Å². The zero-order valence-corrected chi connectivity index (χ0v) is 14.4. The third kappa shape index (κ3) is 3.83. The molecule has 1 aliphatic rings. The Balaban J connectivity index is 1.74. The van der Waals surface area contributed by atoms with Crippen molar-refractivity contribution in [2.75, 3.05) is 26.8 Å². The van der Waals surface area contributed by atoms with Gasteiger partial charge in [-0.1, -0.05) is 42.5 Å². The van der Waals surface area contributed by atoms with Crippen molar-refractivity contribution in [3.05, 3.63) is 65.7 Å². The number of amides is 1. The molecule has 1 unspecified atom stereocenters. The van der Waals surface area contributed by atoms with E-state index in [2.05, 4.69) is 10.6 Å². The maximum absolute atomic E-state index is 13.0. The lowest BCUT2D eigenvalue weighted by Gasteiger charge is -2.42. The molecule has 1 atom stereocenters. The molecule has 25 heavy (non-hydrogen) atoms. The molecule has 3 N–H and O–H groups in total. The second-order valence-electron chi connectivity index (χ2n) is 6.53.